The topological polar surface area (TPSA) is 64.8 Å². The van der Waals surface area contributed by atoms with Gasteiger partial charge in [-0.15, -0.1) is 0 Å². The van der Waals surface area contributed by atoms with Crippen LogP contribution in [0.1, 0.15) is 48.7 Å². The average molecular weight is 451 g/mol. The first kappa shape index (κ1) is 21.0. The number of para-hydroxylation sites is 2. The van der Waals surface area contributed by atoms with E-state index in [9.17, 15) is 4.79 Å². The van der Waals surface area contributed by atoms with Gasteiger partial charge in [0.2, 0.25) is 0 Å². The lowest BCUT2D eigenvalue weighted by atomic mass is 10.0. The highest BCUT2D eigenvalue weighted by Crippen LogP contribution is 2.36. The molecule has 1 aliphatic heterocycles. The molecule has 1 fully saturated rings. The van der Waals surface area contributed by atoms with E-state index in [0.29, 0.717) is 28.9 Å². The molecule has 2 aromatic carbocycles. The Morgan fingerprint density at radius 3 is 2.88 bits per heavy atom. The maximum absolute atomic E-state index is 13.7. The molecule has 0 bridgehead atoms. The predicted octanol–water partition coefficient (Wildman–Crippen LogP) is 6.00. The molecule has 0 saturated carbocycles. The normalized spacial score (nSPS) is 16.3. The number of furan rings is 1. The second kappa shape index (κ2) is 8.56. The molecule has 2 aromatic heterocycles. The Kier molecular flexibility index (Phi) is 5.61. The standard InChI is InChI=1S/C25H26N2O4S/c1-15(2)18-9-5-11-21-22(18)26-25(32-21)27(14-17-8-6-12-30-17)24(28)20-13-16-7-4-10-19(29-3)23(16)31-20/h4-5,7,9-11,13,15,17H,6,8,12,14H2,1-3H3. The highest BCUT2D eigenvalue weighted by Gasteiger charge is 2.29. The SMILES string of the molecule is COc1cccc2cc(C(=O)N(CC3CCCO3)c3nc4c(C(C)C)cccc4s3)oc12. The van der Waals surface area contributed by atoms with Crippen LogP contribution >= 0.6 is 11.3 Å². The van der Waals surface area contributed by atoms with E-state index in [4.69, 9.17) is 18.9 Å². The summed E-state index contributed by atoms with van der Waals surface area (Å²) in [6.07, 6.45) is 1.93. The fraction of sp³-hybridized carbons (Fsp3) is 0.360. The van der Waals surface area contributed by atoms with Gasteiger partial charge >= 0.3 is 0 Å². The van der Waals surface area contributed by atoms with Crippen molar-refractivity contribution in [3.63, 3.8) is 0 Å². The largest absolute Gasteiger partial charge is 0.493 e. The summed E-state index contributed by atoms with van der Waals surface area (Å²) >= 11 is 1.53. The minimum Gasteiger partial charge on any atom is -0.493 e. The first-order valence-electron chi connectivity index (χ1n) is 10.9. The number of methoxy groups -OCH3 is 1. The van der Waals surface area contributed by atoms with Crippen LogP contribution in [-0.2, 0) is 4.74 Å². The second-order valence-electron chi connectivity index (χ2n) is 8.39. The molecule has 1 saturated heterocycles. The van der Waals surface area contributed by atoms with Crippen LogP contribution in [0.5, 0.6) is 5.75 Å². The molecule has 1 aliphatic rings. The third-order valence-corrected chi connectivity index (χ3v) is 6.93. The molecule has 6 nitrogen and oxygen atoms in total. The summed E-state index contributed by atoms with van der Waals surface area (Å²) in [6, 6.07) is 13.6. The third kappa shape index (κ3) is 3.76. The fourth-order valence-electron chi connectivity index (χ4n) is 4.21. The number of thiazole rings is 1. The van der Waals surface area contributed by atoms with Crippen molar-refractivity contribution in [3.05, 3.63) is 53.8 Å². The molecule has 4 aromatic rings. The zero-order chi connectivity index (χ0) is 22.2. The fourth-order valence-corrected chi connectivity index (χ4v) is 5.22. The Bertz CT molecular complexity index is 1270. The van der Waals surface area contributed by atoms with Crippen LogP contribution in [0.25, 0.3) is 21.2 Å². The van der Waals surface area contributed by atoms with Crippen LogP contribution in [0.2, 0.25) is 0 Å². The van der Waals surface area contributed by atoms with E-state index in [-0.39, 0.29) is 17.8 Å². The smallest absolute Gasteiger partial charge is 0.295 e. The number of nitrogens with zero attached hydrogens (tertiary/aromatic N) is 2. The van der Waals surface area contributed by atoms with E-state index in [2.05, 4.69) is 32.0 Å². The van der Waals surface area contributed by atoms with Crippen LogP contribution in [-0.4, -0.2) is 37.3 Å². The highest BCUT2D eigenvalue weighted by atomic mass is 32.1. The number of carbonyl (C=O) groups is 1. The van der Waals surface area contributed by atoms with E-state index >= 15 is 0 Å². The number of aromatic nitrogens is 1. The summed E-state index contributed by atoms with van der Waals surface area (Å²) < 4.78 is 18.3. The zero-order valence-electron chi connectivity index (χ0n) is 18.5. The van der Waals surface area contributed by atoms with E-state index in [1.165, 1.54) is 16.9 Å². The molecule has 3 heterocycles. The number of amides is 1. The van der Waals surface area contributed by atoms with Crippen LogP contribution in [0.3, 0.4) is 0 Å². The first-order valence-corrected chi connectivity index (χ1v) is 11.8. The van der Waals surface area contributed by atoms with Gasteiger partial charge in [-0.05, 0) is 42.5 Å². The Morgan fingerprint density at radius 1 is 1.28 bits per heavy atom. The number of hydrogen-bond acceptors (Lipinski definition) is 6. The van der Waals surface area contributed by atoms with Crippen molar-refractivity contribution >= 4 is 43.6 Å². The minimum atomic E-state index is -0.219. The van der Waals surface area contributed by atoms with Crippen molar-refractivity contribution in [1.29, 1.82) is 0 Å². The van der Waals surface area contributed by atoms with Crippen molar-refractivity contribution in [2.45, 2.75) is 38.7 Å². The average Bonchev–Trinajstić information content (AvgIpc) is 3.54. The Labute approximate surface area is 190 Å². The maximum Gasteiger partial charge on any atom is 0.295 e. The number of anilines is 1. The highest BCUT2D eigenvalue weighted by molar-refractivity contribution is 7.22. The number of benzene rings is 2. The number of rotatable bonds is 6. The maximum atomic E-state index is 13.7. The van der Waals surface area contributed by atoms with Crippen molar-refractivity contribution in [1.82, 2.24) is 4.98 Å². The van der Waals surface area contributed by atoms with E-state index in [1.807, 2.05) is 18.2 Å². The minimum absolute atomic E-state index is 0.00514. The zero-order valence-corrected chi connectivity index (χ0v) is 19.3. The summed E-state index contributed by atoms with van der Waals surface area (Å²) in [7, 11) is 1.59. The van der Waals surface area contributed by atoms with Gasteiger partial charge < -0.3 is 13.9 Å². The van der Waals surface area contributed by atoms with E-state index < -0.39 is 0 Å². The van der Waals surface area contributed by atoms with Gasteiger partial charge in [-0.2, -0.15) is 0 Å². The molecule has 0 N–H and O–H groups in total. The quantitative estimate of drug-likeness (QED) is 0.360. The number of ether oxygens (including phenoxy) is 2. The van der Waals surface area contributed by atoms with Crippen LogP contribution < -0.4 is 9.64 Å². The van der Waals surface area contributed by atoms with Gasteiger partial charge in [0.05, 0.1) is 30.0 Å². The summed E-state index contributed by atoms with van der Waals surface area (Å²) in [5, 5.41) is 1.50. The van der Waals surface area contributed by atoms with Crippen molar-refractivity contribution in [3.8, 4) is 5.75 Å². The van der Waals surface area contributed by atoms with Gasteiger partial charge in [0, 0.05) is 12.0 Å². The predicted molar refractivity (Wildman–Crippen MR) is 127 cm³/mol. The molecule has 32 heavy (non-hydrogen) atoms. The second-order valence-corrected chi connectivity index (χ2v) is 9.39. The molecular weight excluding hydrogens is 424 g/mol. The van der Waals surface area contributed by atoms with Crippen molar-refractivity contribution in [2.75, 3.05) is 25.2 Å². The van der Waals surface area contributed by atoms with Crippen LogP contribution in [0.4, 0.5) is 5.13 Å². The van der Waals surface area contributed by atoms with Gasteiger partial charge in [-0.3, -0.25) is 9.69 Å². The molecular formula is C25H26N2O4S. The third-order valence-electron chi connectivity index (χ3n) is 5.89. The number of fused-ring (bicyclic) bond motifs is 2. The van der Waals surface area contributed by atoms with E-state index in [1.54, 1.807) is 18.1 Å². The van der Waals surface area contributed by atoms with Gasteiger partial charge in [0.1, 0.15) is 0 Å². The van der Waals surface area contributed by atoms with Gasteiger partial charge in [-0.25, -0.2) is 4.98 Å². The van der Waals surface area contributed by atoms with Gasteiger partial charge in [-0.1, -0.05) is 49.4 Å². The van der Waals surface area contributed by atoms with E-state index in [0.717, 1.165) is 35.1 Å². The summed E-state index contributed by atoms with van der Waals surface area (Å²) in [5.74, 6) is 1.00. The summed E-state index contributed by atoms with van der Waals surface area (Å²) in [4.78, 5) is 20.3. The summed E-state index contributed by atoms with van der Waals surface area (Å²) in [5.41, 5.74) is 2.71. The first-order chi connectivity index (χ1) is 15.5. The molecule has 0 spiro atoms. The molecule has 0 aliphatic carbocycles. The van der Waals surface area contributed by atoms with Crippen molar-refractivity contribution < 1.29 is 18.7 Å². The summed E-state index contributed by atoms with van der Waals surface area (Å²) in [6.45, 7) is 5.49. The lowest BCUT2D eigenvalue weighted by Gasteiger charge is -2.22. The lowest BCUT2D eigenvalue weighted by Crippen LogP contribution is -2.37. The van der Waals surface area contributed by atoms with Crippen LogP contribution in [0.15, 0.2) is 46.9 Å². The van der Waals surface area contributed by atoms with Crippen molar-refractivity contribution in [2.24, 2.45) is 0 Å². The monoisotopic (exact) mass is 450 g/mol. The molecule has 1 unspecified atom stereocenters. The molecule has 1 amide bonds. The molecule has 1 atom stereocenters. The van der Waals surface area contributed by atoms with Gasteiger partial charge in [0.25, 0.3) is 5.91 Å². The number of hydrogen-bond donors (Lipinski definition) is 0. The van der Waals surface area contributed by atoms with Gasteiger partial charge in [0.15, 0.2) is 22.2 Å². The lowest BCUT2D eigenvalue weighted by molar-refractivity contribution is 0.0896. The Hall–Kier alpha value is -2.90. The molecule has 5 rings (SSSR count). The molecule has 7 heteroatoms. The Morgan fingerprint density at radius 2 is 2.12 bits per heavy atom. The Balaban J connectivity index is 1.57. The molecule has 0 radical (unpaired) electrons. The van der Waals surface area contributed by atoms with Crippen LogP contribution in [0, 0.1) is 0 Å². The number of carbonyl (C=O) groups excluding carboxylic acids is 1. The molecule has 166 valence electrons.